The van der Waals surface area contributed by atoms with Gasteiger partial charge in [0.05, 0.1) is 5.92 Å². The number of hydrogen-bond donors (Lipinski definition) is 0. The van der Waals surface area contributed by atoms with Crippen LogP contribution in [-0.2, 0) is 14.3 Å². The second-order valence-corrected chi connectivity index (χ2v) is 5.51. The van der Waals surface area contributed by atoms with Gasteiger partial charge in [0.25, 0.3) is 0 Å². The Balaban J connectivity index is 2.21. The predicted molar refractivity (Wildman–Crippen MR) is 83.2 cm³/mol. The maximum Gasteiger partial charge on any atom is 0.312 e. The zero-order valence-corrected chi connectivity index (χ0v) is 13.1. The number of amides is 1. The molecule has 1 saturated heterocycles. The van der Waals surface area contributed by atoms with Crippen molar-refractivity contribution in [2.24, 2.45) is 5.92 Å². The summed E-state index contributed by atoms with van der Waals surface area (Å²) in [4.78, 5) is 25.1. The topological polar surface area (TPSA) is 46.6 Å². The average molecular weight is 293 g/mol. The predicted octanol–water partition coefficient (Wildman–Crippen LogP) is 3.79. The van der Waals surface area contributed by atoms with Crippen LogP contribution >= 0.6 is 0 Å². The van der Waals surface area contributed by atoms with E-state index in [1.165, 1.54) is 24.2 Å². The maximum atomic E-state index is 11.9. The summed E-state index contributed by atoms with van der Waals surface area (Å²) in [7, 11) is 0. The highest BCUT2D eigenvalue weighted by Gasteiger charge is 2.32. The maximum absolute atomic E-state index is 11.9. The molecule has 1 heterocycles. The van der Waals surface area contributed by atoms with Crippen LogP contribution in [0.4, 0.5) is 0 Å². The van der Waals surface area contributed by atoms with Crippen LogP contribution in [-0.4, -0.2) is 23.3 Å². The van der Waals surface area contributed by atoms with E-state index in [-0.39, 0.29) is 23.7 Å². The fourth-order valence-electron chi connectivity index (χ4n) is 2.46. The molecular weight excluding hydrogens is 266 g/mol. The number of hydrogen-bond acceptors (Lipinski definition) is 3. The van der Waals surface area contributed by atoms with Gasteiger partial charge in [0.2, 0.25) is 5.91 Å². The van der Waals surface area contributed by atoms with E-state index in [1.807, 2.05) is 0 Å². The Bertz CT molecular complexity index is 389. The van der Waals surface area contributed by atoms with Crippen LogP contribution in [0.3, 0.4) is 0 Å². The summed E-state index contributed by atoms with van der Waals surface area (Å²) >= 11 is 0. The summed E-state index contributed by atoms with van der Waals surface area (Å²) in [6.45, 7) is 10.0. The molecule has 0 aliphatic carbocycles. The normalized spacial score (nSPS) is 17.9. The Morgan fingerprint density at radius 1 is 1.33 bits per heavy atom. The molecule has 1 unspecified atom stereocenters. The van der Waals surface area contributed by atoms with Crippen molar-refractivity contribution < 1.29 is 14.3 Å². The molecule has 0 saturated carbocycles. The number of carbonyl (C=O) groups is 2. The third-order valence-corrected chi connectivity index (χ3v) is 3.80. The number of carbonyl (C=O) groups excluding carboxylic acids is 2. The summed E-state index contributed by atoms with van der Waals surface area (Å²) in [5.74, 6) is -0.410. The van der Waals surface area contributed by atoms with E-state index in [4.69, 9.17) is 4.74 Å². The van der Waals surface area contributed by atoms with Crippen molar-refractivity contribution in [2.75, 3.05) is 6.54 Å². The lowest BCUT2D eigenvalue weighted by atomic mass is 10.1. The third kappa shape index (κ3) is 5.74. The van der Waals surface area contributed by atoms with Crippen molar-refractivity contribution >= 4 is 11.9 Å². The second-order valence-electron chi connectivity index (χ2n) is 5.51. The molecule has 1 rings (SSSR count). The summed E-state index contributed by atoms with van der Waals surface area (Å²) in [6.07, 6.45) is 9.46. The van der Waals surface area contributed by atoms with Crippen LogP contribution in [0.5, 0.6) is 0 Å². The molecular formula is C17H27NO3. The first-order valence-corrected chi connectivity index (χ1v) is 7.93. The smallest absolute Gasteiger partial charge is 0.312 e. The van der Waals surface area contributed by atoms with Crippen LogP contribution in [0.1, 0.15) is 58.3 Å². The van der Waals surface area contributed by atoms with Crippen molar-refractivity contribution in [3.05, 3.63) is 25.1 Å². The van der Waals surface area contributed by atoms with Crippen molar-refractivity contribution in [3.8, 4) is 0 Å². The Morgan fingerprint density at radius 3 is 2.62 bits per heavy atom. The number of likely N-dealkylation sites (tertiary alicyclic amines) is 1. The van der Waals surface area contributed by atoms with E-state index in [1.54, 1.807) is 6.08 Å². The van der Waals surface area contributed by atoms with Crippen LogP contribution in [0.25, 0.3) is 0 Å². The molecule has 0 aromatic carbocycles. The number of esters is 1. The van der Waals surface area contributed by atoms with E-state index in [2.05, 4.69) is 20.1 Å². The lowest BCUT2D eigenvalue weighted by Gasteiger charge is -2.18. The van der Waals surface area contributed by atoms with E-state index < -0.39 is 0 Å². The highest BCUT2D eigenvalue weighted by molar-refractivity contribution is 5.84. The largest absolute Gasteiger partial charge is 0.410 e. The lowest BCUT2D eigenvalue weighted by Crippen LogP contribution is -2.28. The van der Waals surface area contributed by atoms with Crippen molar-refractivity contribution in [1.82, 2.24) is 4.90 Å². The van der Waals surface area contributed by atoms with Gasteiger partial charge >= 0.3 is 5.97 Å². The molecule has 4 heteroatoms. The van der Waals surface area contributed by atoms with Crippen LogP contribution in [0, 0.1) is 5.92 Å². The minimum Gasteiger partial charge on any atom is -0.410 e. The second kappa shape index (κ2) is 9.37. The van der Waals surface area contributed by atoms with Gasteiger partial charge in [-0.1, -0.05) is 45.1 Å². The van der Waals surface area contributed by atoms with Gasteiger partial charge in [-0.2, -0.15) is 0 Å². The third-order valence-electron chi connectivity index (χ3n) is 3.80. The van der Waals surface area contributed by atoms with Gasteiger partial charge in [-0.15, -0.1) is 6.58 Å². The summed E-state index contributed by atoms with van der Waals surface area (Å²) in [5, 5.41) is 0. The molecule has 1 aliphatic rings. The van der Waals surface area contributed by atoms with Gasteiger partial charge in [0.1, 0.15) is 0 Å². The summed E-state index contributed by atoms with van der Waals surface area (Å²) in [6, 6.07) is 0. The Kier molecular flexibility index (Phi) is 7.80. The average Bonchev–Trinajstić information content (AvgIpc) is 2.83. The summed E-state index contributed by atoms with van der Waals surface area (Å²) < 4.78 is 5.16. The van der Waals surface area contributed by atoms with E-state index in [0.29, 0.717) is 19.4 Å². The van der Waals surface area contributed by atoms with Gasteiger partial charge < -0.3 is 4.74 Å². The summed E-state index contributed by atoms with van der Waals surface area (Å²) in [5.41, 5.74) is 0. The molecule has 0 bridgehead atoms. The molecule has 4 nitrogen and oxygen atoms in total. The molecule has 118 valence electrons. The van der Waals surface area contributed by atoms with Crippen molar-refractivity contribution in [1.29, 1.82) is 0 Å². The van der Waals surface area contributed by atoms with Gasteiger partial charge in [-0.3, -0.25) is 14.5 Å². The Hall–Kier alpha value is -1.58. The van der Waals surface area contributed by atoms with Gasteiger partial charge in [-0.25, -0.2) is 0 Å². The first-order valence-electron chi connectivity index (χ1n) is 7.93. The quantitative estimate of drug-likeness (QED) is 0.266. The van der Waals surface area contributed by atoms with Crippen molar-refractivity contribution in [3.63, 3.8) is 0 Å². The minimum atomic E-state index is -0.301. The van der Waals surface area contributed by atoms with Crippen molar-refractivity contribution in [2.45, 2.75) is 58.3 Å². The standard InChI is InChI=1S/C17H27NO3/c1-4-6-7-8-9-10-11-16(19)21-14(3)18-13-12-15(5-2)17(18)20/h5,15H,2-4,6-13H2,1H3. The van der Waals surface area contributed by atoms with Crippen LogP contribution in [0.2, 0.25) is 0 Å². The number of ether oxygens (including phenoxy) is 1. The number of nitrogens with zero attached hydrogens (tertiary/aromatic N) is 1. The van der Waals surface area contributed by atoms with E-state index in [9.17, 15) is 9.59 Å². The molecule has 0 N–H and O–H groups in total. The SMILES string of the molecule is C=CC1CCN(C(=C)OC(=O)CCCCCCCC)C1=O. The first kappa shape index (κ1) is 17.5. The minimum absolute atomic E-state index is 0.0811. The Labute approximate surface area is 127 Å². The monoisotopic (exact) mass is 293 g/mol. The van der Waals surface area contributed by atoms with Gasteiger partial charge in [0.15, 0.2) is 5.88 Å². The molecule has 0 spiro atoms. The molecule has 1 atom stereocenters. The molecule has 0 radical (unpaired) electrons. The molecule has 1 aliphatic heterocycles. The Morgan fingerprint density at radius 2 is 2.00 bits per heavy atom. The number of unbranched alkanes of at least 4 members (excludes halogenated alkanes) is 5. The first-order chi connectivity index (χ1) is 10.1. The van der Waals surface area contributed by atoms with E-state index in [0.717, 1.165) is 19.3 Å². The molecule has 0 aromatic rings. The van der Waals surface area contributed by atoms with Gasteiger partial charge in [-0.05, 0) is 19.4 Å². The van der Waals surface area contributed by atoms with E-state index >= 15 is 0 Å². The fourth-order valence-corrected chi connectivity index (χ4v) is 2.46. The molecule has 0 aromatic heterocycles. The number of rotatable bonds is 10. The molecule has 1 amide bonds. The fraction of sp³-hybridized carbons (Fsp3) is 0.647. The molecule has 21 heavy (non-hydrogen) atoms. The lowest BCUT2D eigenvalue weighted by molar-refractivity contribution is -0.144. The highest BCUT2D eigenvalue weighted by Crippen LogP contribution is 2.23. The zero-order valence-electron chi connectivity index (χ0n) is 13.1. The van der Waals surface area contributed by atoms with Gasteiger partial charge in [0, 0.05) is 13.0 Å². The van der Waals surface area contributed by atoms with Crippen LogP contribution in [0.15, 0.2) is 25.1 Å². The molecule has 1 fully saturated rings. The highest BCUT2D eigenvalue weighted by atomic mass is 16.6. The zero-order chi connectivity index (χ0) is 15.7. The van der Waals surface area contributed by atoms with Crippen LogP contribution < -0.4 is 0 Å².